The van der Waals surface area contributed by atoms with Gasteiger partial charge in [0.1, 0.15) is 0 Å². The van der Waals surface area contributed by atoms with Crippen LogP contribution in [0.2, 0.25) is 0 Å². The molecule has 0 heterocycles. The van der Waals surface area contributed by atoms with E-state index in [0.29, 0.717) is 0 Å². The van der Waals surface area contributed by atoms with Crippen LogP contribution in [0.4, 0.5) is 8.78 Å². The summed E-state index contributed by atoms with van der Waals surface area (Å²) in [6, 6.07) is 4.77. The summed E-state index contributed by atoms with van der Waals surface area (Å²) in [6.07, 6.45) is 3.77. The van der Waals surface area contributed by atoms with E-state index >= 15 is 0 Å². The van der Waals surface area contributed by atoms with Gasteiger partial charge in [-0.15, -0.1) is 0 Å². The predicted molar refractivity (Wildman–Crippen MR) is 69.9 cm³/mol. The molecule has 0 saturated heterocycles. The monoisotopic (exact) mass is 320 g/mol. The predicted octanol–water partition coefficient (Wildman–Crippen LogP) is 2.20. The molecule has 0 spiro atoms. The minimum Gasteiger partial charge on any atom is -0.454 e. The molecule has 0 aliphatic heterocycles. The molecule has 0 atom stereocenters. The van der Waals surface area contributed by atoms with Crippen molar-refractivity contribution in [2.75, 3.05) is 6.61 Å². The number of fused-ring (bicyclic) bond motifs is 1. The molecule has 1 aliphatic rings. The molecule has 2 rings (SSSR count). The molecule has 1 N–H and O–H groups in total. The number of hydrogen-bond donors (Lipinski definition) is 1. The number of esters is 1. The third kappa shape index (κ3) is 3.56. The highest BCUT2D eigenvalue weighted by Gasteiger charge is 2.45. The fourth-order valence-corrected chi connectivity index (χ4v) is 2.38. The Hall–Kier alpha value is -1.54. The van der Waals surface area contributed by atoms with Gasteiger partial charge < -0.3 is 4.74 Å². The first kappa shape index (κ1) is 15.8. The van der Waals surface area contributed by atoms with E-state index in [9.17, 15) is 22.0 Å². The Kier molecular flexibility index (Phi) is 4.29. The molecule has 0 radical (unpaired) electrons. The molecule has 0 unspecified atom stereocenters. The van der Waals surface area contributed by atoms with Gasteiger partial charge in [-0.1, -0.05) is 6.07 Å². The van der Waals surface area contributed by atoms with Crippen LogP contribution in [-0.4, -0.2) is 30.8 Å². The molecule has 0 fully saturated rings. The summed E-state index contributed by atoms with van der Waals surface area (Å²) in [7, 11) is -5.61. The van der Waals surface area contributed by atoms with Crippen LogP contribution in [0.25, 0.3) is 0 Å². The first-order chi connectivity index (χ1) is 9.71. The van der Waals surface area contributed by atoms with Gasteiger partial charge in [-0.25, -0.2) is 4.79 Å². The number of rotatable bonds is 4. The number of alkyl halides is 2. The number of ether oxygens (including phenoxy) is 1. The van der Waals surface area contributed by atoms with E-state index in [1.807, 2.05) is 0 Å². The van der Waals surface area contributed by atoms with Crippen LogP contribution in [-0.2, 0) is 27.7 Å². The molecule has 0 amide bonds. The fraction of sp³-hybridized carbons (Fsp3) is 0.462. The van der Waals surface area contributed by atoms with Crippen LogP contribution in [0.15, 0.2) is 18.2 Å². The number of aryl methyl sites for hydroxylation is 2. The van der Waals surface area contributed by atoms with Crippen molar-refractivity contribution in [3.8, 4) is 0 Å². The molecule has 0 aromatic heterocycles. The number of halogens is 2. The summed E-state index contributed by atoms with van der Waals surface area (Å²) in [5, 5.41) is -4.52. The Morgan fingerprint density at radius 3 is 2.48 bits per heavy atom. The first-order valence-electron chi connectivity index (χ1n) is 6.34. The quantitative estimate of drug-likeness (QED) is 0.679. The molecule has 0 bridgehead atoms. The van der Waals surface area contributed by atoms with Gasteiger partial charge in [-0.3, -0.25) is 4.55 Å². The van der Waals surface area contributed by atoms with Crippen molar-refractivity contribution in [3.63, 3.8) is 0 Å². The zero-order valence-electron chi connectivity index (χ0n) is 11.0. The van der Waals surface area contributed by atoms with Gasteiger partial charge in [0.2, 0.25) is 0 Å². The van der Waals surface area contributed by atoms with Gasteiger partial charge in [0.05, 0.1) is 5.56 Å². The highest BCUT2D eigenvalue weighted by molar-refractivity contribution is 7.86. The van der Waals surface area contributed by atoms with Crippen LogP contribution >= 0.6 is 0 Å². The second kappa shape index (κ2) is 5.69. The van der Waals surface area contributed by atoms with Crippen LogP contribution < -0.4 is 0 Å². The molecule has 0 saturated carbocycles. The van der Waals surface area contributed by atoms with E-state index < -0.39 is 27.9 Å². The second-order valence-electron chi connectivity index (χ2n) is 4.88. The molecule has 5 nitrogen and oxygen atoms in total. The number of hydrogen-bond acceptors (Lipinski definition) is 4. The van der Waals surface area contributed by atoms with Crippen LogP contribution in [0.3, 0.4) is 0 Å². The molecule has 1 aromatic carbocycles. The molecule has 1 aromatic rings. The third-order valence-electron chi connectivity index (χ3n) is 3.33. The Balaban J connectivity index is 2.08. The van der Waals surface area contributed by atoms with Crippen molar-refractivity contribution in [2.24, 2.45) is 0 Å². The Bertz CT molecular complexity index is 655. The van der Waals surface area contributed by atoms with Crippen LogP contribution in [0.1, 0.15) is 34.3 Å². The number of carbonyl (C=O) groups is 1. The van der Waals surface area contributed by atoms with E-state index in [4.69, 9.17) is 4.55 Å². The van der Waals surface area contributed by atoms with Crippen molar-refractivity contribution in [1.82, 2.24) is 0 Å². The lowest BCUT2D eigenvalue weighted by Gasteiger charge is -2.17. The maximum atomic E-state index is 13.0. The van der Waals surface area contributed by atoms with Gasteiger partial charge in [0.15, 0.2) is 6.61 Å². The normalized spacial score (nSPS) is 15.4. The molecule has 8 heteroatoms. The maximum absolute atomic E-state index is 13.0. The van der Waals surface area contributed by atoms with E-state index in [-0.39, 0.29) is 5.56 Å². The van der Waals surface area contributed by atoms with Crippen molar-refractivity contribution in [1.29, 1.82) is 0 Å². The lowest BCUT2D eigenvalue weighted by atomic mass is 9.90. The highest BCUT2D eigenvalue weighted by atomic mass is 32.2. The van der Waals surface area contributed by atoms with Crippen molar-refractivity contribution >= 4 is 16.1 Å². The summed E-state index contributed by atoms with van der Waals surface area (Å²) in [6.45, 7) is -1.72. The molecule has 21 heavy (non-hydrogen) atoms. The van der Waals surface area contributed by atoms with Crippen molar-refractivity contribution < 1.29 is 31.3 Å². The van der Waals surface area contributed by atoms with Gasteiger partial charge in [0.25, 0.3) is 0 Å². The van der Waals surface area contributed by atoms with Gasteiger partial charge >= 0.3 is 21.3 Å². The average molecular weight is 320 g/mol. The minimum atomic E-state index is -5.61. The number of benzene rings is 1. The van der Waals surface area contributed by atoms with Crippen molar-refractivity contribution in [2.45, 2.75) is 30.9 Å². The highest BCUT2D eigenvalue weighted by Crippen LogP contribution is 2.24. The van der Waals surface area contributed by atoms with E-state index in [1.54, 1.807) is 12.1 Å². The maximum Gasteiger partial charge on any atom is 0.402 e. The smallest absolute Gasteiger partial charge is 0.402 e. The van der Waals surface area contributed by atoms with E-state index in [1.165, 1.54) is 6.07 Å². The topological polar surface area (TPSA) is 80.7 Å². The average Bonchev–Trinajstić information content (AvgIpc) is 2.43. The Morgan fingerprint density at radius 2 is 1.86 bits per heavy atom. The lowest BCUT2D eigenvalue weighted by molar-refractivity contribution is -0.00951. The zero-order valence-corrected chi connectivity index (χ0v) is 11.8. The van der Waals surface area contributed by atoms with Gasteiger partial charge in [-0.2, -0.15) is 17.2 Å². The fourth-order valence-electron chi connectivity index (χ4n) is 2.17. The lowest BCUT2D eigenvalue weighted by Crippen LogP contribution is -2.34. The largest absolute Gasteiger partial charge is 0.454 e. The van der Waals surface area contributed by atoms with Gasteiger partial charge in [0, 0.05) is 0 Å². The summed E-state index contributed by atoms with van der Waals surface area (Å²) >= 11 is 0. The standard InChI is InChI=1S/C13H14F2O5S/c14-13(15,21(17,18)19)8-20-12(16)11-6-5-9-3-1-2-4-10(9)7-11/h5-7H,1-4,8H2,(H,17,18,19). The zero-order chi connectivity index (χ0) is 15.7. The number of carbonyl (C=O) groups excluding carboxylic acids is 1. The third-order valence-corrected chi connectivity index (χ3v) is 4.21. The van der Waals surface area contributed by atoms with Crippen LogP contribution in [0.5, 0.6) is 0 Å². The Labute approximate surface area is 120 Å². The molecule has 1 aliphatic carbocycles. The van der Waals surface area contributed by atoms with Crippen LogP contribution in [0, 0.1) is 0 Å². The van der Waals surface area contributed by atoms with E-state index in [0.717, 1.165) is 36.8 Å². The van der Waals surface area contributed by atoms with Gasteiger partial charge in [-0.05, 0) is 48.9 Å². The molecular weight excluding hydrogens is 306 g/mol. The first-order valence-corrected chi connectivity index (χ1v) is 7.78. The molecule has 116 valence electrons. The Morgan fingerprint density at radius 1 is 1.24 bits per heavy atom. The summed E-state index contributed by atoms with van der Waals surface area (Å²) < 4.78 is 59.3. The summed E-state index contributed by atoms with van der Waals surface area (Å²) in [5.74, 6) is -1.05. The molecular formula is C13H14F2O5S. The second-order valence-corrected chi connectivity index (χ2v) is 6.43. The minimum absolute atomic E-state index is 0.0850. The van der Waals surface area contributed by atoms with Crippen molar-refractivity contribution in [3.05, 3.63) is 34.9 Å². The summed E-state index contributed by atoms with van der Waals surface area (Å²) in [5.41, 5.74) is 2.17. The SMILES string of the molecule is O=C(OCC(F)(F)S(=O)(=O)O)c1ccc2c(c1)CCCC2. The van der Waals surface area contributed by atoms with E-state index in [2.05, 4.69) is 4.74 Å². The summed E-state index contributed by atoms with van der Waals surface area (Å²) in [4.78, 5) is 11.7.